The van der Waals surface area contributed by atoms with Crippen molar-refractivity contribution in [2.45, 2.75) is 50.6 Å². The molecule has 2 aliphatic rings. The van der Waals surface area contributed by atoms with Gasteiger partial charge in [-0.05, 0) is 30.4 Å². The molecule has 28 heavy (non-hydrogen) atoms. The molecule has 2 fully saturated rings. The second-order valence-electron chi connectivity index (χ2n) is 8.05. The maximum Gasteiger partial charge on any atom is 0.225 e. The summed E-state index contributed by atoms with van der Waals surface area (Å²) < 4.78 is 0. The van der Waals surface area contributed by atoms with Gasteiger partial charge in [-0.2, -0.15) is 0 Å². The van der Waals surface area contributed by atoms with Gasteiger partial charge in [0.05, 0.1) is 12.0 Å². The van der Waals surface area contributed by atoms with Gasteiger partial charge in [0.2, 0.25) is 11.8 Å². The topological polar surface area (TPSA) is 49.4 Å². The Morgan fingerprint density at radius 1 is 1.00 bits per heavy atom. The molecule has 4 rings (SSSR count). The quantitative estimate of drug-likeness (QED) is 0.832. The standard InChI is InChI=1S/C24H28N2O2/c27-23-16-20(17-26(23)21-13-7-8-14-21)24(28)25-22(19-11-5-2-6-12-19)15-18-9-3-1-4-10-18/h1-6,9-12,20-22H,7-8,13-17H2,(H,25,28)/t20-,22-/m1/s1. The van der Waals surface area contributed by atoms with Gasteiger partial charge in [-0.15, -0.1) is 0 Å². The third-order valence-corrected chi connectivity index (χ3v) is 6.10. The van der Waals surface area contributed by atoms with Gasteiger partial charge in [-0.25, -0.2) is 0 Å². The molecule has 1 aliphatic heterocycles. The SMILES string of the molecule is O=C(N[C@H](Cc1ccccc1)c1ccccc1)[C@@H]1CC(=O)N(C2CCCC2)C1. The van der Waals surface area contributed by atoms with Crippen molar-refractivity contribution in [2.24, 2.45) is 5.92 Å². The maximum absolute atomic E-state index is 13.0. The van der Waals surface area contributed by atoms with Crippen LogP contribution in [0.15, 0.2) is 60.7 Å². The van der Waals surface area contributed by atoms with Gasteiger partial charge in [-0.1, -0.05) is 73.5 Å². The number of rotatable bonds is 6. The van der Waals surface area contributed by atoms with Crippen molar-refractivity contribution in [1.29, 1.82) is 0 Å². The molecule has 0 unspecified atom stereocenters. The van der Waals surface area contributed by atoms with Crippen molar-refractivity contribution >= 4 is 11.8 Å². The fourth-order valence-corrected chi connectivity index (χ4v) is 4.55. The maximum atomic E-state index is 13.0. The molecule has 4 heteroatoms. The fraction of sp³-hybridized carbons (Fsp3) is 0.417. The number of amides is 2. The van der Waals surface area contributed by atoms with Crippen LogP contribution in [0.5, 0.6) is 0 Å². The summed E-state index contributed by atoms with van der Waals surface area (Å²) in [5.41, 5.74) is 2.28. The third kappa shape index (κ3) is 4.27. The van der Waals surface area contributed by atoms with Gasteiger partial charge in [0.15, 0.2) is 0 Å². The van der Waals surface area contributed by atoms with Crippen LogP contribution >= 0.6 is 0 Å². The molecule has 2 amide bonds. The van der Waals surface area contributed by atoms with E-state index in [0.29, 0.717) is 19.0 Å². The largest absolute Gasteiger partial charge is 0.349 e. The van der Waals surface area contributed by atoms with Crippen molar-refractivity contribution in [3.8, 4) is 0 Å². The molecule has 0 radical (unpaired) electrons. The predicted octanol–water partition coefficient (Wildman–Crippen LogP) is 3.88. The minimum atomic E-state index is -0.241. The summed E-state index contributed by atoms with van der Waals surface area (Å²) in [6.07, 6.45) is 5.64. The molecule has 0 bridgehead atoms. The summed E-state index contributed by atoms with van der Waals surface area (Å²) >= 11 is 0. The zero-order valence-corrected chi connectivity index (χ0v) is 16.2. The molecule has 1 heterocycles. The van der Waals surface area contributed by atoms with Crippen LogP contribution in [0.1, 0.15) is 49.3 Å². The molecular formula is C24H28N2O2. The molecule has 2 atom stereocenters. The van der Waals surface area contributed by atoms with Crippen LogP contribution < -0.4 is 5.32 Å². The van der Waals surface area contributed by atoms with Crippen LogP contribution in [0, 0.1) is 5.92 Å². The molecule has 1 saturated carbocycles. The van der Waals surface area contributed by atoms with Crippen LogP contribution in [0.3, 0.4) is 0 Å². The lowest BCUT2D eigenvalue weighted by Gasteiger charge is -2.25. The number of carbonyl (C=O) groups excluding carboxylic acids is 2. The Morgan fingerprint density at radius 2 is 1.64 bits per heavy atom. The van der Waals surface area contributed by atoms with E-state index in [1.165, 1.54) is 18.4 Å². The van der Waals surface area contributed by atoms with Gasteiger partial charge in [0.25, 0.3) is 0 Å². The first-order valence-corrected chi connectivity index (χ1v) is 10.4. The second kappa shape index (κ2) is 8.59. The molecule has 1 saturated heterocycles. The van der Waals surface area contributed by atoms with E-state index < -0.39 is 0 Å². The predicted molar refractivity (Wildman–Crippen MR) is 110 cm³/mol. The Balaban J connectivity index is 1.45. The van der Waals surface area contributed by atoms with Crippen molar-refractivity contribution in [3.63, 3.8) is 0 Å². The average molecular weight is 377 g/mol. The van der Waals surface area contributed by atoms with Crippen LogP contribution in [0.2, 0.25) is 0 Å². The van der Waals surface area contributed by atoms with Gasteiger partial charge < -0.3 is 10.2 Å². The van der Waals surface area contributed by atoms with Crippen molar-refractivity contribution in [1.82, 2.24) is 10.2 Å². The third-order valence-electron chi connectivity index (χ3n) is 6.10. The molecule has 0 spiro atoms. The van der Waals surface area contributed by atoms with E-state index in [1.54, 1.807) is 0 Å². The number of benzene rings is 2. The van der Waals surface area contributed by atoms with Crippen molar-refractivity contribution < 1.29 is 9.59 Å². The number of nitrogens with zero attached hydrogens (tertiary/aromatic N) is 1. The lowest BCUT2D eigenvalue weighted by molar-refractivity contribution is -0.130. The van der Waals surface area contributed by atoms with Gasteiger partial charge >= 0.3 is 0 Å². The number of nitrogens with one attached hydrogen (secondary N) is 1. The highest BCUT2D eigenvalue weighted by atomic mass is 16.2. The highest BCUT2D eigenvalue weighted by molar-refractivity contribution is 5.89. The molecule has 2 aromatic rings. The molecular weight excluding hydrogens is 348 g/mol. The molecule has 1 N–H and O–H groups in total. The highest BCUT2D eigenvalue weighted by Gasteiger charge is 2.39. The van der Waals surface area contributed by atoms with E-state index in [0.717, 1.165) is 24.8 Å². The van der Waals surface area contributed by atoms with Crippen molar-refractivity contribution in [3.05, 3.63) is 71.8 Å². The molecule has 4 nitrogen and oxygen atoms in total. The Morgan fingerprint density at radius 3 is 2.32 bits per heavy atom. The first-order chi connectivity index (χ1) is 13.7. The molecule has 1 aliphatic carbocycles. The normalized spacial score (nSPS) is 21.1. The van der Waals surface area contributed by atoms with Gasteiger partial charge in [0.1, 0.15) is 0 Å². The Labute approximate surface area is 166 Å². The monoisotopic (exact) mass is 376 g/mol. The molecule has 0 aromatic heterocycles. The number of likely N-dealkylation sites (tertiary alicyclic amines) is 1. The smallest absolute Gasteiger partial charge is 0.225 e. The van der Waals surface area contributed by atoms with Crippen LogP contribution in [0.25, 0.3) is 0 Å². The summed E-state index contributed by atoms with van der Waals surface area (Å²) in [6.45, 7) is 0.572. The number of carbonyl (C=O) groups is 2. The van der Waals surface area contributed by atoms with E-state index in [1.807, 2.05) is 41.3 Å². The Hall–Kier alpha value is -2.62. The summed E-state index contributed by atoms with van der Waals surface area (Å²) in [7, 11) is 0. The summed E-state index contributed by atoms with van der Waals surface area (Å²) in [4.78, 5) is 27.5. The zero-order chi connectivity index (χ0) is 19.3. The van der Waals surface area contributed by atoms with E-state index in [2.05, 4.69) is 29.6 Å². The van der Waals surface area contributed by atoms with Gasteiger partial charge in [-0.3, -0.25) is 9.59 Å². The average Bonchev–Trinajstić information content (AvgIpc) is 3.38. The Bertz CT molecular complexity index is 800. The van der Waals surface area contributed by atoms with Crippen LogP contribution in [-0.2, 0) is 16.0 Å². The van der Waals surface area contributed by atoms with E-state index in [-0.39, 0.29) is 23.8 Å². The summed E-state index contributed by atoms with van der Waals surface area (Å²) in [5.74, 6) is -0.0971. The Kier molecular flexibility index (Phi) is 5.75. The van der Waals surface area contributed by atoms with Gasteiger partial charge in [0, 0.05) is 19.0 Å². The van der Waals surface area contributed by atoms with E-state index >= 15 is 0 Å². The van der Waals surface area contributed by atoms with Crippen LogP contribution in [0.4, 0.5) is 0 Å². The first kappa shape index (κ1) is 18.7. The molecule has 2 aromatic carbocycles. The van der Waals surface area contributed by atoms with E-state index in [9.17, 15) is 9.59 Å². The summed E-state index contributed by atoms with van der Waals surface area (Å²) in [6, 6.07) is 20.6. The minimum Gasteiger partial charge on any atom is -0.349 e. The number of hydrogen-bond donors (Lipinski definition) is 1. The fourth-order valence-electron chi connectivity index (χ4n) is 4.55. The molecule has 146 valence electrons. The minimum absolute atomic E-state index is 0.00127. The number of hydrogen-bond acceptors (Lipinski definition) is 2. The van der Waals surface area contributed by atoms with E-state index in [4.69, 9.17) is 0 Å². The first-order valence-electron chi connectivity index (χ1n) is 10.4. The second-order valence-corrected chi connectivity index (χ2v) is 8.05. The van der Waals surface area contributed by atoms with Crippen LogP contribution in [-0.4, -0.2) is 29.3 Å². The zero-order valence-electron chi connectivity index (χ0n) is 16.2. The lowest BCUT2D eigenvalue weighted by Crippen LogP contribution is -2.38. The lowest BCUT2D eigenvalue weighted by atomic mass is 9.97. The highest BCUT2D eigenvalue weighted by Crippen LogP contribution is 2.30. The van der Waals surface area contributed by atoms with Crippen molar-refractivity contribution in [2.75, 3.05) is 6.54 Å². The summed E-state index contributed by atoms with van der Waals surface area (Å²) in [5, 5.41) is 3.24.